The molecule has 126 valence electrons. The van der Waals surface area contributed by atoms with Crippen LogP contribution in [-0.4, -0.2) is 25.3 Å². The fourth-order valence-corrected chi connectivity index (χ4v) is 3.75. The molecule has 0 unspecified atom stereocenters. The molecule has 0 aliphatic carbocycles. The van der Waals surface area contributed by atoms with Crippen LogP contribution in [0.5, 0.6) is 0 Å². The van der Waals surface area contributed by atoms with Crippen LogP contribution in [0, 0.1) is 0 Å². The van der Waals surface area contributed by atoms with Crippen LogP contribution in [0.4, 0.5) is 13.2 Å². The van der Waals surface area contributed by atoms with Crippen LogP contribution >= 0.6 is 27.7 Å². The van der Waals surface area contributed by atoms with Crippen molar-refractivity contribution < 1.29 is 26.0 Å². The summed E-state index contributed by atoms with van der Waals surface area (Å²) in [6.07, 6.45) is 0. The van der Waals surface area contributed by atoms with Gasteiger partial charge in [0.05, 0.1) is 11.4 Å². The van der Waals surface area contributed by atoms with Crippen LogP contribution in [0.25, 0.3) is 0 Å². The van der Waals surface area contributed by atoms with Crippen LogP contribution in [0.2, 0.25) is 0 Å². The molecule has 0 atom stereocenters. The molecule has 0 spiro atoms. The largest absolute Gasteiger partial charge is 0.453 e. The standard InChI is InChI=1S/C13H11BrF3NO3S2/c1-18(8-9-2-7-12(14)21-9)23(19,20)11-5-3-10(4-6-11)22-13(15,16)17/h2-7H,8H2,1H3. The van der Waals surface area contributed by atoms with E-state index >= 15 is 0 Å². The molecule has 0 aliphatic rings. The zero-order chi connectivity index (χ0) is 17.3. The van der Waals surface area contributed by atoms with Crippen LogP contribution in [0.15, 0.2) is 55.3 Å². The number of furan rings is 1. The Hall–Kier alpha value is -0.970. The number of alkyl halides is 3. The van der Waals surface area contributed by atoms with Gasteiger partial charge in [-0.1, -0.05) is 0 Å². The zero-order valence-electron chi connectivity index (χ0n) is 11.7. The van der Waals surface area contributed by atoms with Crippen LogP contribution in [0.3, 0.4) is 0 Å². The first-order valence-corrected chi connectivity index (χ1v) is 9.19. The minimum Gasteiger partial charge on any atom is -0.453 e. The molecule has 23 heavy (non-hydrogen) atoms. The van der Waals surface area contributed by atoms with Crippen molar-refractivity contribution in [2.24, 2.45) is 0 Å². The van der Waals surface area contributed by atoms with E-state index in [0.717, 1.165) is 28.6 Å². The summed E-state index contributed by atoms with van der Waals surface area (Å²) in [5.41, 5.74) is -4.41. The minimum atomic E-state index is -4.41. The molecule has 1 heterocycles. The Bertz CT molecular complexity index is 773. The van der Waals surface area contributed by atoms with Crippen molar-refractivity contribution in [1.29, 1.82) is 0 Å². The summed E-state index contributed by atoms with van der Waals surface area (Å²) < 4.78 is 68.4. The highest BCUT2D eigenvalue weighted by Gasteiger charge is 2.29. The topological polar surface area (TPSA) is 50.5 Å². The maximum absolute atomic E-state index is 12.4. The van der Waals surface area contributed by atoms with Gasteiger partial charge in [-0.2, -0.15) is 17.5 Å². The van der Waals surface area contributed by atoms with Gasteiger partial charge in [0, 0.05) is 11.9 Å². The fourth-order valence-electron chi connectivity index (χ4n) is 1.73. The molecule has 1 aromatic carbocycles. The lowest BCUT2D eigenvalue weighted by Crippen LogP contribution is -2.26. The maximum atomic E-state index is 12.4. The molecule has 2 aromatic rings. The number of rotatable bonds is 5. The lowest BCUT2D eigenvalue weighted by molar-refractivity contribution is -0.0328. The highest BCUT2D eigenvalue weighted by Crippen LogP contribution is 2.37. The van der Waals surface area contributed by atoms with Gasteiger partial charge in [0.25, 0.3) is 0 Å². The van der Waals surface area contributed by atoms with E-state index in [1.165, 1.54) is 7.05 Å². The van der Waals surface area contributed by atoms with Gasteiger partial charge in [-0.05, 0) is 64.1 Å². The van der Waals surface area contributed by atoms with Crippen molar-refractivity contribution >= 4 is 37.7 Å². The molecule has 0 saturated carbocycles. The normalized spacial score (nSPS) is 12.8. The van der Waals surface area contributed by atoms with Crippen LogP contribution in [0.1, 0.15) is 5.76 Å². The van der Waals surface area contributed by atoms with Gasteiger partial charge in [-0.15, -0.1) is 0 Å². The van der Waals surface area contributed by atoms with Gasteiger partial charge in [0.1, 0.15) is 5.76 Å². The van der Waals surface area contributed by atoms with Gasteiger partial charge in [0.15, 0.2) is 4.67 Å². The number of hydrogen-bond acceptors (Lipinski definition) is 4. The predicted octanol–water partition coefficient (Wildman–Crippen LogP) is 4.47. The van der Waals surface area contributed by atoms with Gasteiger partial charge < -0.3 is 4.42 Å². The van der Waals surface area contributed by atoms with Gasteiger partial charge in [-0.3, -0.25) is 0 Å². The molecule has 4 nitrogen and oxygen atoms in total. The molecule has 0 N–H and O–H groups in total. The first kappa shape index (κ1) is 18.4. The van der Waals surface area contributed by atoms with E-state index in [1.54, 1.807) is 12.1 Å². The minimum absolute atomic E-state index is 0.00693. The number of benzene rings is 1. The average Bonchev–Trinajstić information content (AvgIpc) is 2.83. The van der Waals surface area contributed by atoms with E-state index in [2.05, 4.69) is 15.9 Å². The van der Waals surface area contributed by atoms with Gasteiger partial charge in [-0.25, -0.2) is 8.42 Å². The summed E-state index contributed by atoms with van der Waals surface area (Å²) in [6, 6.07) is 7.82. The fraction of sp³-hybridized carbons (Fsp3) is 0.231. The Labute approximate surface area is 143 Å². The van der Waals surface area contributed by atoms with Crippen molar-refractivity contribution in [3.8, 4) is 0 Å². The molecule has 0 amide bonds. The zero-order valence-corrected chi connectivity index (χ0v) is 14.9. The van der Waals surface area contributed by atoms with E-state index in [1.807, 2.05) is 0 Å². The third-order valence-electron chi connectivity index (χ3n) is 2.77. The summed E-state index contributed by atoms with van der Waals surface area (Å²) in [4.78, 5) is -0.161. The first-order valence-electron chi connectivity index (χ1n) is 6.14. The lowest BCUT2D eigenvalue weighted by atomic mass is 10.4. The summed E-state index contributed by atoms with van der Waals surface area (Å²) in [6.45, 7) is 0.00693. The number of thioether (sulfide) groups is 1. The second-order valence-electron chi connectivity index (χ2n) is 4.49. The molecule has 10 heteroatoms. The van der Waals surface area contributed by atoms with E-state index in [0.29, 0.717) is 10.4 Å². The molecule has 0 bridgehead atoms. The van der Waals surface area contributed by atoms with Crippen LogP contribution < -0.4 is 0 Å². The quantitative estimate of drug-likeness (QED) is 0.657. The van der Waals surface area contributed by atoms with Crippen molar-refractivity contribution in [1.82, 2.24) is 4.31 Å². The van der Waals surface area contributed by atoms with E-state index in [-0.39, 0.29) is 28.1 Å². The average molecular weight is 430 g/mol. The number of halogens is 4. The Morgan fingerprint density at radius 2 is 1.78 bits per heavy atom. The van der Waals surface area contributed by atoms with Crippen molar-refractivity contribution in [2.45, 2.75) is 21.8 Å². The van der Waals surface area contributed by atoms with Crippen molar-refractivity contribution in [2.75, 3.05) is 7.05 Å². The number of hydrogen-bond donors (Lipinski definition) is 0. The molecule has 0 saturated heterocycles. The lowest BCUT2D eigenvalue weighted by Gasteiger charge is -2.16. The van der Waals surface area contributed by atoms with Crippen molar-refractivity contribution in [3.05, 3.63) is 46.8 Å². The summed E-state index contributed by atoms with van der Waals surface area (Å²) in [5.74, 6) is 0.437. The third-order valence-corrected chi connectivity index (χ3v) is 5.76. The van der Waals surface area contributed by atoms with Gasteiger partial charge >= 0.3 is 5.51 Å². The Morgan fingerprint density at radius 1 is 1.17 bits per heavy atom. The molecule has 0 aliphatic heterocycles. The maximum Gasteiger partial charge on any atom is 0.446 e. The number of nitrogens with zero attached hydrogens (tertiary/aromatic N) is 1. The third kappa shape index (κ3) is 5.00. The van der Waals surface area contributed by atoms with Crippen molar-refractivity contribution in [3.63, 3.8) is 0 Å². The van der Waals surface area contributed by atoms with E-state index in [4.69, 9.17) is 4.42 Å². The Balaban J connectivity index is 2.15. The smallest absolute Gasteiger partial charge is 0.446 e. The molecular formula is C13H11BrF3NO3S2. The molecule has 0 fully saturated rings. The Kier molecular flexibility index (Phi) is 5.49. The Morgan fingerprint density at radius 3 is 2.26 bits per heavy atom. The SMILES string of the molecule is CN(Cc1ccc(Br)o1)S(=O)(=O)c1ccc(SC(F)(F)F)cc1. The first-order chi connectivity index (χ1) is 10.6. The second-order valence-corrected chi connectivity index (χ2v) is 8.45. The van der Waals surface area contributed by atoms with Gasteiger partial charge in [0.2, 0.25) is 10.0 Å². The summed E-state index contributed by atoms with van der Waals surface area (Å²) in [7, 11) is -2.46. The number of sulfonamides is 1. The summed E-state index contributed by atoms with van der Waals surface area (Å²) >= 11 is 2.83. The van der Waals surface area contributed by atoms with E-state index in [9.17, 15) is 21.6 Å². The van der Waals surface area contributed by atoms with Crippen LogP contribution in [-0.2, 0) is 16.6 Å². The second kappa shape index (κ2) is 6.88. The predicted molar refractivity (Wildman–Crippen MR) is 83.4 cm³/mol. The summed E-state index contributed by atoms with van der Waals surface area (Å²) in [5, 5.41) is 0. The molecule has 0 radical (unpaired) electrons. The molecule has 2 rings (SSSR count). The highest BCUT2D eigenvalue weighted by molar-refractivity contribution is 9.10. The highest BCUT2D eigenvalue weighted by atomic mass is 79.9. The van der Waals surface area contributed by atoms with E-state index < -0.39 is 15.5 Å². The molecular weight excluding hydrogens is 419 g/mol. The molecule has 1 aromatic heterocycles. The monoisotopic (exact) mass is 429 g/mol.